The van der Waals surface area contributed by atoms with Crippen LogP contribution in [-0.2, 0) is 13.6 Å². The largest absolute Gasteiger partial charge is 0.756 e. The van der Waals surface area contributed by atoms with E-state index in [9.17, 15) is 19.4 Å². The van der Waals surface area contributed by atoms with Gasteiger partial charge in [0.2, 0.25) is 0 Å². The average Bonchev–Trinajstić information content (AvgIpc) is 2.57. The van der Waals surface area contributed by atoms with Gasteiger partial charge in [-0.2, -0.15) is 0 Å². The molecule has 0 saturated heterocycles. The quantitative estimate of drug-likeness (QED) is 0.423. The molecule has 7 nitrogen and oxygen atoms in total. The predicted octanol–water partition coefficient (Wildman–Crippen LogP) is 3.43. The van der Waals surface area contributed by atoms with Crippen LogP contribution >= 0.6 is 42.6 Å². The van der Waals surface area contributed by atoms with Crippen molar-refractivity contribution in [1.29, 1.82) is 0 Å². The highest BCUT2D eigenvalue weighted by atomic mass is 35.5. The Hall–Kier alpha value is -0.790. The third kappa shape index (κ3) is 7.15. The van der Waals surface area contributed by atoms with Gasteiger partial charge in [-0.1, -0.05) is 11.6 Å². The Morgan fingerprint density at radius 2 is 1.80 bits per heavy atom. The maximum absolute atomic E-state index is 11.2. The van der Waals surface area contributed by atoms with Crippen molar-refractivity contribution in [3.05, 3.63) is 39.2 Å². The molecular formula is C14H15Cl3O7P-. The van der Waals surface area contributed by atoms with E-state index in [0.717, 1.165) is 5.39 Å². The molecule has 25 heavy (non-hydrogen) atoms. The van der Waals surface area contributed by atoms with Gasteiger partial charge >= 0.3 is 5.63 Å². The molecule has 2 rings (SSSR count). The number of phosphoric ester groups is 1. The highest BCUT2D eigenvalue weighted by Crippen LogP contribution is 2.37. The summed E-state index contributed by atoms with van der Waals surface area (Å²) in [5, 5.41) is 10.0. The normalized spacial score (nSPS) is 11.2. The molecule has 1 aromatic carbocycles. The van der Waals surface area contributed by atoms with Crippen molar-refractivity contribution < 1.29 is 28.0 Å². The summed E-state index contributed by atoms with van der Waals surface area (Å²) in [6.45, 7) is 1.58. The topological polar surface area (TPSA) is 109 Å². The van der Waals surface area contributed by atoms with Crippen molar-refractivity contribution in [2.45, 2.75) is 6.92 Å². The van der Waals surface area contributed by atoms with Crippen LogP contribution in [0.3, 0.4) is 0 Å². The summed E-state index contributed by atoms with van der Waals surface area (Å²) < 4.78 is 24.1. The van der Waals surface area contributed by atoms with Crippen LogP contribution in [0.15, 0.2) is 27.4 Å². The van der Waals surface area contributed by atoms with E-state index in [0.29, 0.717) is 11.1 Å². The lowest BCUT2D eigenvalue weighted by Crippen LogP contribution is -2.10. The van der Waals surface area contributed by atoms with Crippen molar-refractivity contribution in [3.63, 3.8) is 0 Å². The van der Waals surface area contributed by atoms with E-state index < -0.39 is 13.4 Å². The van der Waals surface area contributed by atoms with E-state index in [4.69, 9.17) is 39.2 Å². The first-order chi connectivity index (χ1) is 11.7. The zero-order chi connectivity index (χ0) is 19.0. The Morgan fingerprint density at radius 1 is 1.24 bits per heavy atom. The lowest BCUT2D eigenvalue weighted by molar-refractivity contribution is -0.224. The minimum absolute atomic E-state index is 0.0578. The number of hydrogen-bond donors (Lipinski definition) is 1. The highest BCUT2D eigenvalue weighted by Gasteiger charge is 2.09. The van der Waals surface area contributed by atoms with E-state index in [2.05, 4.69) is 9.05 Å². The number of alkyl halides is 2. The predicted molar refractivity (Wildman–Crippen MR) is 94.8 cm³/mol. The molecule has 140 valence electrons. The molecule has 0 fully saturated rings. The third-order valence-corrected chi connectivity index (χ3v) is 4.48. The standard InChI is InChI=1S/C10H7ClO3.C4H9Cl2O4P/c1-5-7-3-2-6(12)4-8(7)14-10(13)9(5)11;5-1-3-9-11(7,8)10-4-2-6/h2-4,12H,1H3;1-4H2,(H,7,8)/p-1. The second kappa shape index (κ2) is 10.4. The summed E-state index contributed by atoms with van der Waals surface area (Å²) in [6, 6.07) is 4.57. The van der Waals surface area contributed by atoms with Gasteiger partial charge in [0.25, 0.3) is 7.82 Å². The minimum Gasteiger partial charge on any atom is -0.756 e. The van der Waals surface area contributed by atoms with Gasteiger partial charge < -0.3 is 23.5 Å². The molecular weight excluding hydrogens is 417 g/mol. The number of rotatable bonds is 6. The number of aryl methyl sites for hydroxylation is 1. The van der Waals surface area contributed by atoms with E-state index in [1.807, 2.05) is 0 Å². The number of benzene rings is 1. The number of fused-ring (bicyclic) bond motifs is 1. The summed E-state index contributed by atoms with van der Waals surface area (Å²) in [5.41, 5.74) is 0.428. The smallest absolute Gasteiger partial charge is 0.355 e. The van der Waals surface area contributed by atoms with Crippen LogP contribution in [0.1, 0.15) is 5.56 Å². The Kier molecular flexibility index (Phi) is 9.24. The summed E-state index contributed by atoms with van der Waals surface area (Å²) in [4.78, 5) is 21.8. The molecule has 0 unspecified atom stereocenters. The molecule has 11 heteroatoms. The molecule has 0 atom stereocenters. The molecule has 1 heterocycles. The van der Waals surface area contributed by atoms with Crippen molar-refractivity contribution in [2.24, 2.45) is 0 Å². The molecule has 0 amide bonds. The van der Waals surface area contributed by atoms with Crippen LogP contribution in [0.5, 0.6) is 5.75 Å². The second-order valence-corrected chi connectivity index (χ2v) is 7.05. The lowest BCUT2D eigenvalue weighted by atomic mass is 10.1. The molecule has 0 saturated carbocycles. The molecule has 1 aromatic heterocycles. The van der Waals surface area contributed by atoms with E-state index in [1.54, 1.807) is 13.0 Å². The van der Waals surface area contributed by atoms with Gasteiger partial charge in [0.05, 0.1) is 13.2 Å². The molecule has 2 aromatic rings. The summed E-state index contributed by atoms with van der Waals surface area (Å²) in [5.74, 6) is 0.273. The summed E-state index contributed by atoms with van der Waals surface area (Å²) >= 11 is 16.1. The van der Waals surface area contributed by atoms with Crippen molar-refractivity contribution in [3.8, 4) is 5.75 Å². The SMILES string of the molecule is Cc1c(Cl)c(=O)oc2cc(O)ccc12.O=P([O-])(OCCCl)OCCCl. The first-order valence-electron chi connectivity index (χ1n) is 6.86. The van der Waals surface area contributed by atoms with Gasteiger partial charge in [0.1, 0.15) is 16.4 Å². The van der Waals surface area contributed by atoms with Gasteiger partial charge in [-0.25, -0.2) is 4.79 Å². The molecule has 0 aliphatic rings. The maximum Gasteiger partial charge on any atom is 0.355 e. The van der Waals surface area contributed by atoms with E-state index >= 15 is 0 Å². The number of phenols is 1. The first kappa shape index (κ1) is 22.3. The fourth-order valence-electron chi connectivity index (χ4n) is 1.65. The average molecular weight is 433 g/mol. The molecule has 0 radical (unpaired) electrons. The monoisotopic (exact) mass is 431 g/mol. The fourth-order valence-corrected chi connectivity index (χ4v) is 2.87. The zero-order valence-electron chi connectivity index (χ0n) is 13.0. The van der Waals surface area contributed by atoms with Crippen LogP contribution in [0.25, 0.3) is 11.0 Å². The first-order valence-corrected chi connectivity index (χ1v) is 9.76. The van der Waals surface area contributed by atoms with Gasteiger partial charge in [-0.3, -0.25) is 4.57 Å². The van der Waals surface area contributed by atoms with E-state index in [1.165, 1.54) is 12.1 Å². The van der Waals surface area contributed by atoms with Crippen molar-refractivity contribution in [1.82, 2.24) is 0 Å². The minimum atomic E-state index is -4.14. The third-order valence-electron chi connectivity index (χ3n) is 2.73. The van der Waals surface area contributed by atoms with Gasteiger partial charge in [-0.15, -0.1) is 23.2 Å². The number of phenolic OH excluding ortho intramolecular Hbond substituents is 1. The van der Waals surface area contributed by atoms with Crippen LogP contribution in [-0.4, -0.2) is 30.1 Å². The fraction of sp³-hybridized carbons (Fsp3) is 0.357. The lowest BCUT2D eigenvalue weighted by Gasteiger charge is -2.21. The Labute approximate surface area is 158 Å². The second-order valence-electron chi connectivity index (χ2n) is 4.50. The number of aromatic hydroxyl groups is 1. The van der Waals surface area contributed by atoms with Crippen molar-refractivity contribution in [2.75, 3.05) is 25.0 Å². The van der Waals surface area contributed by atoms with Crippen LogP contribution < -0.4 is 10.5 Å². The highest BCUT2D eigenvalue weighted by molar-refractivity contribution is 7.45. The molecule has 0 spiro atoms. The Balaban J connectivity index is 0.000000260. The van der Waals surface area contributed by atoms with Gasteiger partial charge in [0.15, 0.2) is 0 Å². The summed E-state index contributed by atoms with van der Waals surface area (Å²) in [6.07, 6.45) is 0. The maximum atomic E-state index is 11.2. The number of phosphoric acid groups is 1. The Morgan fingerprint density at radius 3 is 2.32 bits per heavy atom. The zero-order valence-corrected chi connectivity index (χ0v) is 16.2. The van der Waals surface area contributed by atoms with Gasteiger partial charge in [-0.05, 0) is 24.6 Å². The number of halogens is 3. The molecule has 0 aliphatic carbocycles. The summed E-state index contributed by atoms with van der Waals surface area (Å²) in [7, 11) is -4.14. The molecule has 0 aliphatic heterocycles. The molecule has 1 N–H and O–H groups in total. The Bertz CT molecular complexity index is 797. The van der Waals surface area contributed by atoms with Gasteiger partial charge in [0, 0.05) is 23.2 Å². The van der Waals surface area contributed by atoms with Crippen LogP contribution in [0, 0.1) is 6.92 Å². The number of hydrogen-bond acceptors (Lipinski definition) is 7. The van der Waals surface area contributed by atoms with Crippen molar-refractivity contribution >= 4 is 53.6 Å². The van der Waals surface area contributed by atoms with Crippen LogP contribution in [0.4, 0.5) is 0 Å². The molecule has 0 bridgehead atoms. The van der Waals surface area contributed by atoms with Crippen LogP contribution in [0.2, 0.25) is 5.02 Å². The van der Waals surface area contributed by atoms with E-state index in [-0.39, 0.29) is 35.7 Å².